The average molecular weight is 233 g/mol. The number of nitrogens with zero attached hydrogens (tertiary/aromatic N) is 1. The van der Waals surface area contributed by atoms with Crippen molar-refractivity contribution in [1.29, 1.82) is 0 Å². The van der Waals surface area contributed by atoms with Crippen molar-refractivity contribution >= 4 is 0 Å². The Morgan fingerprint density at radius 2 is 1.35 bits per heavy atom. The van der Waals surface area contributed by atoms with E-state index in [1.807, 2.05) is 0 Å². The van der Waals surface area contributed by atoms with Crippen LogP contribution in [0.2, 0.25) is 0 Å². The third-order valence-electron chi connectivity index (χ3n) is 6.83. The fraction of sp³-hybridized carbons (Fsp3) is 1.00. The summed E-state index contributed by atoms with van der Waals surface area (Å²) in [5.41, 5.74) is 0. The van der Waals surface area contributed by atoms with E-state index < -0.39 is 0 Å². The summed E-state index contributed by atoms with van der Waals surface area (Å²) >= 11 is 0. The van der Waals surface area contributed by atoms with Gasteiger partial charge >= 0.3 is 0 Å². The van der Waals surface area contributed by atoms with Gasteiger partial charge in [-0.3, -0.25) is 0 Å². The summed E-state index contributed by atoms with van der Waals surface area (Å²) in [6.45, 7) is 1.38. The lowest BCUT2D eigenvalue weighted by molar-refractivity contribution is -0.0947. The molecule has 1 heterocycles. The third kappa shape index (κ3) is 1.54. The van der Waals surface area contributed by atoms with Crippen LogP contribution in [0.3, 0.4) is 0 Å². The lowest BCUT2D eigenvalue weighted by atomic mass is 9.51. The smallest absolute Gasteiger partial charge is 0.0126 e. The minimum atomic E-state index is 0.968. The summed E-state index contributed by atoms with van der Waals surface area (Å²) in [4.78, 5) is 2.72. The highest BCUT2D eigenvalue weighted by atomic mass is 15.1. The Morgan fingerprint density at radius 1 is 0.706 bits per heavy atom. The Kier molecular flexibility index (Phi) is 2.54. The maximum Gasteiger partial charge on any atom is 0.0126 e. The fourth-order valence-corrected chi connectivity index (χ4v) is 6.18. The number of hydrogen-bond acceptors (Lipinski definition) is 1. The second-order valence-corrected chi connectivity index (χ2v) is 7.36. The summed E-state index contributed by atoms with van der Waals surface area (Å²) in [7, 11) is 2.40. The van der Waals surface area contributed by atoms with Crippen LogP contribution in [0.25, 0.3) is 0 Å². The van der Waals surface area contributed by atoms with Gasteiger partial charge in [-0.1, -0.05) is 19.3 Å². The molecular formula is C16H27N. The Morgan fingerprint density at radius 3 is 2.12 bits per heavy atom. The Labute approximate surface area is 106 Å². The van der Waals surface area contributed by atoms with Crippen LogP contribution in [-0.4, -0.2) is 24.5 Å². The van der Waals surface area contributed by atoms with Crippen molar-refractivity contribution in [2.24, 2.45) is 29.6 Å². The highest BCUT2D eigenvalue weighted by Gasteiger charge is 2.52. The SMILES string of the molecule is CN1CCC2CCC3CCCC4CCC1C2C34. The van der Waals surface area contributed by atoms with Crippen LogP contribution in [0.15, 0.2) is 0 Å². The molecule has 1 heteroatoms. The molecule has 0 aromatic carbocycles. The number of rotatable bonds is 0. The molecule has 4 aliphatic rings. The van der Waals surface area contributed by atoms with Crippen molar-refractivity contribution in [3.8, 4) is 0 Å². The average Bonchev–Trinajstić information content (AvgIpc) is 2.38. The molecule has 17 heavy (non-hydrogen) atoms. The number of likely N-dealkylation sites (tertiary alicyclic amines) is 1. The molecule has 0 amide bonds. The summed E-state index contributed by atoms with van der Waals surface area (Å²) in [5.74, 6) is 5.61. The molecule has 0 aromatic heterocycles. The molecule has 3 saturated carbocycles. The van der Waals surface area contributed by atoms with Crippen molar-refractivity contribution in [3.05, 3.63) is 0 Å². The zero-order valence-corrected chi connectivity index (χ0v) is 11.3. The summed E-state index contributed by atoms with van der Waals surface area (Å²) in [6, 6.07) is 0.968. The van der Waals surface area contributed by atoms with Crippen molar-refractivity contribution in [2.45, 2.75) is 57.4 Å². The van der Waals surface area contributed by atoms with Gasteiger partial charge in [0, 0.05) is 6.04 Å². The van der Waals surface area contributed by atoms with Gasteiger partial charge in [0.15, 0.2) is 0 Å². The van der Waals surface area contributed by atoms with Gasteiger partial charge in [-0.15, -0.1) is 0 Å². The highest BCUT2D eigenvalue weighted by molar-refractivity contribution is 5.03. The first-order valence-corrected chi connectivity index (χ1v) is 8.05. The lowest BCUT2D eigenvalue weighted by Crippen LogP contribution is -2.57. The minimum Gasteiger partial charge on any atom is -0.303 e. The van der Waals surface area contributed by atoms with E-state index in [9.17, 15) is 0 Å². The second kappa shape index (κ2) is 3.98. The standard InChI is InChI=1S/C16H27N/c1-17-10-9-13-6-5-11-3-2-4-12-7-8-14(17)16(13)15(11)12/h11-16H,2-10H2,1H3. The highest BCUT2D eigenvalue weighted by Crippen LogP contribution is 2.57. The van der Waals surface area contributed by atoms with Gasteiger partial charge in [0.1, 0.15) is 0 Å². The van der Waals surface area contributed by atoms with Gasteiger partial charge in [-0.2, -0.15) is 0 Å². The molecule has 1 nitrogen and oxygen atoms in total. The predicted molar refractivity (Wildman–Crippen MR) is 70.8 cm³/mol. The topological polar surface area (TPSA) is 3.24 Å². The third-order valence-corrected chi connectivity index (χ3v) is 6.83. The van der Waals surface area contributed by atoms with E-state index in [2.05, 4.69) is 11.9 Å². The van der Waals surface area contributed by atoms with Crippen LogP contribution in [0.5, 0.6) is 0 Å². The van der Waals surface area contributed by atoms with Gasteiger partial charge in [-0.05, 0) is 75.3 Å². The lowest BCUT2D eigenvalue weighted by Gasteiger charge is -2.59. The zero-order chi connectivity index (χ0) is 11.4. The Hall–Kier alpha value is -0.0400. The Bertz CT molecular complexity index is 294. The molecule has 0 spiro atoms. The summed E-state index contributed by atoms with van der Waals surface area (Å²) in [6.07, 6.45) is 12.4. The molecule has 0 radical (unpaired) electrons. The van der Waals surface area contributed by atoms with Crippen LogP contribution in [0, 0.1) is 29.6 Å². The van der Waals surface area contributed by atoms with E-state index >= 15 is 0 Å². The van der Waals surface area contributed by atoms with Crippen LogP contribution in [0.4, 0.5) is 0 Å². The Balaban J connectivity index is 1.68. The van der Waals surface area contributed by atoms with Crippen molar-refractivity contribution in [3.63, 3.8) is 0 Å². The molecule has 1 aliphatic heterocycles. The molecule has 0 N–H and O–H groups in total. The normalized spacial score (nSPS) is 54.2. The second-order valence-electron chi connectivity index (χ2n) is 7.36. The van der Waals surface area contributed by atoms with Crippen LogP contribution in [-0.2, 0) is 0 Å². The molecule has 96 valence electrons. The summed E-state index contributed by atoms with van der Waals surface area (Å²) in [5, 5.41) is 0. The number of hydrogen-bond donors (Lipinski definition) is 0. The first kappa shape index (κ1) is 10.8. The predicted octanol–water partition coefficient (Wildman–Crippen LogP) is 3.54. The van der Waals surface area contributed by atoms with Gasteiger partial charge < -0.3 is 4.90 Å². The largest absolute Gasteiger partial charge is 0.303 e. The van der Waals surface area contributed by atoms with E-state index in [1.165, 1.54) is 19.4 Å². The van der Waals surface area contributed by atoms with Gasteiger partial charge in [0.05, 0.1) is 0 Å². The first-order valence-electron chi connectivity index (χ1n) is 8.05. The van der Waals surface area contributed by atoms with Crippen molar-refractivity contribution < 1.29 is 0 Å². The van der Waals surface area contributed by atoms with E-state index in [0.29, 0.717) is 0 Å². The fourth-order valence-electron chi connectivity index (χ4n) is 6.18. The van der Waals surface area contributed by atoms with Gasteiger partial charge in [-0.25, -0.2) is 0 Å². The van der Waals surface area contributed by atoms with E-state index in [0.717, 1.165) is 35.6 Å². The monoisotopic (exact) mass is 233 g/mol. The zero-order valence-electron chi connectivity index (χ0n) is 11.3. The minimum absolute atomic E-state index is 0.968. The van der Waals surface area contributed by atoms with Crippen LogP contribution >= 0.6 is 0 Å². The molecule has 6 unspecified atom stereocenters. The van der Waals surface area contributed by atoms with E-state index in [-0.39, 0.29) is 0 Å². The van der Waals surface area contributed by atoms with Gasteiger partial charge in [0.2, 0.25) is 0 Å². The molecule has 1 saturated heterocycles. The van der Waals surface area contributed by atoms with Crippen LogP contribution in [0.1, 0.15) is 51.4 Å². The van der Waals surface area contributed by atoms with E-state index in [4.69, 9.17) is 0 Å². The van der Waals surface area contributed by atoms with E-state index in [1.54, 1.807) is 38.5 Å². The van der Waals surface area contributed by atoms with Gasteiger partial charge in [0.25, 0.3) is 0 Å². The number of piperidine rings is 1. The van der Waals surface area contributed by atoms with Crippen LogP contribution < -0.4 is 0 Å². The maximum atomic E-state index is 2.72. The first-order chi connectivity index (χ1) is 8.34. The summed E-state index contributed by atoms with van der Waals surface area (Å²) < 4.78 is 0. The molecule has 0 aromatic rings. The molecular weight excluding hydrogens is 206 g/mol. The molecule has 6 atom stereocenters. The molecule has 4 fully saturated rings. The maximum absolute atomic E-state index is 2.72. The molecule has 4 rings (SSSR count). The van der Waals surface area contributed by atoms with Crippen molar-refractivity contribution in [2.75, 3.05) is 13.6 Å². The van der Waals surface area contributed by atoms with Crippen molar-refractivity contribution in [1.82, 2.24) is 4.90 Å². The molecule has 3 aliphatic carbocycles. The quantitative estimate of drug-likeness (QED) is 0.618. The molecule has 0 bridgehead atoms.